The Kier molecular flexibility index (Phi) is 5.33. The summed E-state index contributed by atoms with van der Waals surface area (Å²) in [7, 11) is 1.62. The van der Waals surface area contributed by atoms with Crippen LogP contribution in [0.1, 0.15) is 24.8 Å². The molecule has 0 saturated carbocycles. The molecule has 4 rings (SSSR count). The molecular weight excluding hydrogens is 378 g/mol. The molecule has 29 heavy (non-hydrogen) atoms. The zero-order valence-electron chi connectivity index (χ0n) is 16.0. The van der Waals surface area contributed by atoms with Crippen molar-refractivity contribution in [3.05, 3.63) is 42.5 Å². The number of nitrogens with one attached hydrogen (secondary N) is 1. The molecule has 0 bridgehead atoms. The summed E-state index contributed by atoms with van der Waals surface area (Å²) in [4.78, 5) is 12.9. The van der Waals surface area contributed by atoms with Crippen LogP contribution < -0.4 is 10.1 Å². The van der Waals surface area contributed by atoms with Crippen molar-refractivity contribution in [2.24, 2.45) is 0 Å². The van der Waals surface area contributed by atoms with Crippen molar-refractivity contribution in [1.29, 1.82) is 0 Å². The van der Waals surface area contributed by atoms with Crippen LogP contribution in [0.25, 0.3) is 11.2 Å². The van der Waals surface area contributed by atoms with E-state index in [0.29, 0.717) is 17.0 Å². The SMILES string of the molecule is COc1cccc([C@@H](C)Nc2ncnc3c2ncn3C2OC(CO)C(O)C2O)c1. The molecule has 3 aromatic rings. The van der Waals surface area contributed by atoms with Crippen molar-refractivity contribution < 1.29 is 24.8 Å². The molecule has 0 amide bonds. The number of fused-ring (bicyclic) bond motifs is 1. The van der Waals surface area contributed by atoms with Gasteiger partial charge in [0.05, 0.1) is 26.1 Å². The topological polar surface area (TPSA) is 135 Å². The van der Waals surface area contributed by atoms with E-state index in [-0.39, 0.29) is 6.04 Å². The number of imidazole rings is 1. The molecule has 1 aliphatic heterocycles. The van der Waals surface area contributed by atoms with Crippen LogP contribution in [0.2, 0.25) is 0 Å². The molecule has 10 nitrogen and oxygen atoms in total. The summed E-state index contributed by atoms with van der Waals surface area (Å²) in [5, 5.41) is 32.9. The quantitative estimate of drug-likeness (QED) is 0.469. The molecule has 1 saturated heterocycles. The van der Waals surface area contributed by atoms with E-state index in [4.69, 9.17) is 9.47 Å². The molecule has 4 N–H and O–H groups in total. The van der Waals surface area contributed by atoms with Gasteiger partial charge in [0.15, 0.2) is 23.2 Å². The maximum atomic E-state index is 10.3. The fourth-order valence-electron chi connectivity index (χ4n) is 3.45. The van der Waals surface area contributed by atoms with Gasteiger partial charge in [-0.3, -0.25) is 4.57 Å². The van der Waals surface area contributed by atoms with Crippen molar-refractivity contribution in [3.8, 4) is 5.75 Å². The summed E-state index contributed by atoms with van der Waals surface area (Å²) < 4.78 is 12.4. The largest absolute Gasteiger partial charge is 0.497 e. The maximum absolute atomic E-state index is 10.3. The van der Waals surface area contributed by atoms with E-state index in [0.717, 1.165) is 11.3 Å². The van der Waals surface area contributed by atoms with Gasteiger partial charge >= 0.3 is 0 Å². The predicted molar refractivity (Wildman–Crippen MR) is 103 cm³/mol. The molecule has 1 aliphatic rings. The Morgan fingerprint density at radius 3 is 2.79 bits per heavy atom. The molecule has 1 fully saturated rings. The Morgan fingerprint density at radius 2 is 2.07 bits per heavy atom. The third-order valence-corrected chi connectivity index (χ3v) is 5.10. The first-order valence-electron chi connectivity index (χ1n) is 9.24. The molecule has 2 aromatic heterocycles. The zero-order valence-corrected chi connectivity index (χ0v) is 16.0. The second kappa shape index (κ2) is 7.91. The number of hydrogen-bond acceptors (Lipinski definition) is 9. The standard InChI is InChI=1S/C19H23N5O5/c1-10(11-4-3-5-12(6-11)28-2)23-17-14-18(21-8-20-17)24(9-22-14)19-16(27)15(26)13(7-25)29-19/h3-6,8-10,13,15-16,19,25-27H,7H2,1-2H3,(H,20,21,23)/t10-,13?,15?,16?,19?/m1/s1. The van der Waals surface area contributed by atoms with E-state index in [2.05, 4.69) is 20.3 Å². The normalized spacial score (nSPS) is 25.3. The number of ether oxygens (including phenoxy) is 2. The molecular formula is C19H23N5O5. The number of anilines is 1. The van der Waals surface area contributed by atoms with Crippen LogP contribution in [0.15, 0.2) is 36.9 Å². The second-order valence-electron chi connectivity index (χ2n) is 6.92. The molecule has 3 heterocycles. The predicted octanol–water partition coefficient (Wildman–Crippen LogP) is 0.619. The van der Waals surface area contributed by atoms with Crippen molar-refractivity contribution in [2.45, 2.75) is 37.5 Å². The van der Waals surface area contributed by atoms with Gasteiger partial charge in [0.25, 0.3) is 0 Å². The Morgan fingerprint density at radius 1 is 1.24 bits per heavy atom. The van der Waals surface area contributed by atoms with Gasteiger partial charge in [-0.05, 0) is 24.6 Å². The summed E-state index contributed by atoms with van der Waals surface area (Å²) in [6.07, 6.45) is -1.34. The number of aliphatic hydroxyl groups excluding tert-OH is 3. The Labute approximate surface area is 166 Å². The van der Waals surface area contributed by atoms with E-state index in [9.17, 15) is 15.3 Å². The fourth-order valence-corrected chi connectivity index (χ4v) is 3.45. The molecule has 0 spiro atoms. The van der Waals surface area contributed by atoms with Crippen LogP contribution in [0, 0.1) is 0 Å². The molecule has 154 valence electrons. The van der Waals surface area contributed by atoms with E-state index < -0.39 is 31.1 Å². The Balaban J connectivity index is 1.62. The van der Waals surface area contributed by atoms with Crippen LogP contribution >= 0.6 is 0 Å². The van der Waals surface area contributed by atoms with E-state index in [1.54, 1.807) is 7.11 Å². The highest BCUT2D eigenvalue weighted by Gasteiger charge is 2.44. The number of benzene rings is 1. The molecule has 1 aromatic carbocycles. The smallest absolute Gasteiger partial charge is 0.167 e. The first kappa shape index (κ1) is 19.5. The minimum atomic E-state index is -1.22. The van der Waals surface area contributed by atoms with Crippen molar-refractivity contribution >= 4 is 17.0 Å². The summed E-state index contributed by atoms with van der Waals surface area (Å²) in [6, 6.07) is 7.63. The number of methoxy groups -OCH3 is 1. The van der Waals surface area contributed by atoms with E-state index >= 15 is 0 Å². The summed E-state index contributed by atoms with van der Waals surface area (Å²) in [6.45, 7) is 1.59. The third kappa shape index (κ3) is 3.51. The monoisotopic (exact) mass is 401 g/mol. The van der Waals surface area contributed by atoms with Crippen LogP contribution in [0.3, 0.4) is 0 Å². The fraction of sp³-hybridized carbons (Fsp3) is 0.421. The lowest BCUT2D eigenvalue weighted by Crippen LogP contribution is -2.33. The average molecular weight is 401 g/mol. The minimum absolute atomic E-state index is 0.0812. The van der Waals surface area contributed by atoms with Crippen LogP contribution in [0.4, 0.5) is 5.82 Å². The summed E-state index contributed by atoms with van der Waals surface area (Å²) in [5.41, 5.74) is 1.95. The number of hydrogen-bond donors (Lipinski definition) is 4. The number of nitrogens with zero attached hydrogens (tertiary/aromatic N) is 4. The van der Waals surface area contributed by atoms with Crippen LogP contribution in [-0.2, 0) is 4.74 Å². The summed E-state index contributed by atoms with van der Waals surface area (Å²) in [5.74, 6) is 1.29. The third-order valence-electron chi connectivity index (χ3n) is 5.10. The van der Waals surface area contributed by atoms with Gasteiger partial charge < -0.3 is 30.1 Å². The van der Waals surface area contributed by atoms with Crippen molar-refractivity contribution in [3.63, 3.8) is 0 Å². The Bertz CT molecular complexity index is 996. The van der Waals surface area contributed by atoms with Crippen molar-refractivity contribution in [2.75, 3.05) is 19.0 Å². The van der Waals surface area contributed by atoms with Gasteiger partial charge in [-0.1, -0.05) is 12.1 Å². The first-order valence-corrected chi connectivity index (χ1v) is 9.24. The van der Waals surface area contributed by atoms with Gasteiger partial charge in [0.1, 0.15) is 30.4 Å². The molecule has 4 unspecified atom stereocenters. The van der Waals surface area contributed by atoms with Gasteiger partial charge in [-0.2, -0.15) is 0 Å². The van der Waals surface area contributed by atoms with Crippen LogP contribution in [-0.4, -0.2) is 66.9 Å². The van der Waals surface area contributed by atoms with Gasteiger partial charge in [0.2, 0.25) is 0 Å². The van der Waals surface area contributed by atoms with Gasteiger partial charge in [-0.15, -0.1) is 0 Å². The molecule has 0 aliphatic carbocycles. The lowest BCUT2D eigenvalue weighted by molar-refractivity contribution is -0.0511. The lowest BCUT2D eigenvalue weighted by Gasteiger charge is -2.17. The highest BCUT2D eigenvalue weighted by Crippen LogP contribution is 2.32. The van der Waals surface area contributed by atoms with Gasteiger partial charge in [-0.25, -0.2) is 15.0 Å². The van der Waals surface area contributed by atoms with Crippen LogP contribution in [0.5, 0.6) is 5.75 Å². The minimum Gasteiger partial charge on any atom is -0.497 e. The Hall–Kier alpha value is -2.79. The molecule has 0 radical (unpaired) electrons. The zero-order chi connectivity index (χ0) is 20.5. The van der Waals surface area contributed by atoms with E-state index in [1.165, 1.54) is 17.2 Å². The van der Waals surface area contributed by atoms with Crippen molar-refractivity contribution in [1.82, 2.24) is 19.5 Å². The number of aromatic nitrogens is 4. The first-order chi connectivity index (χ1) is 14.0. The van der Waals surface area contributed by atoms with Gasteiger partial charge in [0, 0.05) is 0 Å². The lowest BCUT2D eigenvalue weighted by atomic mass is 10.1. The highest BCUT2D eigenvalue weighted by molar-refractivity contribution is 5.82. The summed E-state index contributed by atoms with van der Waals surface area (Å²) >= 11 is 0. The maximum Gasteiger partial charge on any atom is 0.167 e. The number of aliphatic hydroxyl groups is 3. The number of rotatable bonds is 6. The van der Waals surface area contributed by atoms with E-state index in [1.807, 2.05) is 31.2 Å². The highest BCUT2D eigenvalue weighted by atomic mass is 16.6. The molecule has 5 atom stereocenters. The average Bonchev–Trinajstić information content (AvgIpc) is 3.30. The molecule has 10 heteroatoms. The second-order valence-corrected chi connectivity index (χ2v) is 6.92.